The van der Waals surface area contributed by atoms with Crippen molar-refractivity contribution in [1.82, 2.24) is 5.32 Å². The van der Waals surface area contributed by atoms with Crippen molar-refractivity contribution in [2.24, 2.45) is 0 Å². The fourth-order valence-corrected chi connectivity index (χ4v) is 2.43. The molecule has 23 heavy (non-hydrogen) atoms. The maximum Gasteiger partial charge on any atom is 0.336 e. The van der Waals surface area contributed by atoms with E-state index in [1.165, 1.54) is 12.1 Å². The Morgan fingerprint density at radius 3 is 2.00 bits per heavy atom. The molecule has 120 valence electrons. The molecule has 0 heterocycles. The number of nitrogens with one attached hydrogen (secondary N) is 1. The zero-order chi connectivity index (χ0) is 17.1. The molecule has 0 fully saturated rings. The molecule has 0 saturated heterocycles. The molecule has 0 saturated carbocycles. The van der Waals surface area contributed by atoms with E-state index >= 15 is 0 Å². The molecule has 6 heteroatoms. The topological polar surface area (TPSA) is 66.4 Å². The van der Waals surface area contributed by atoms with Gasteiger partial charge in [-0.05, 0) is 54.8 Å². The third-order valence-electron chi connectivity index (χ3n) is 3.38. The second kappa shape index (κ2) is 6.56. The SMILES string of the molecule is Cc1cc(C(=O)NCc2cc(F)cc(F)c2)cc(C)c1C(=O)O. The van der Waals surface area contributed by atoms with Gasteiger partial charge in [0, 0.05) is 18.2 Å². The van der Waals surface area contributed by atoms with Crippen molar-refractivity contribution < 1.29 is 23.5 Å². The van der Waals surface area contributed by atoms with Gasteiger partial charge in [-0.2, -0.15) is 0 Å². The van der Waals surface area contributed by atoms with E-state index in [0.717, 1.165) is 18.2 Å². The zero-order valence-corrected chi connectivity index (χ0v) is 12.6. The summed E-state index contributed by atoms with van der Waals surface area (Å²) in [5.41, 5.74) is 1.70. The Labute approximate surface area is 131 Å². The summed E-state index contributed by atoms with van der Waals surface area (Å²) in [5.74, 6) is -2.93. The predicted molar refractivity (Wildman–Crippen MR) is 80.4 cm³/mol. The number of rotatable bonds is 4. The van der Waals surface area contributed by atoms with Gasteiger partial charge in [0.25, 0.3) is 5.91 Å². The molecular formula is C17H15F2NO3. The Morgan fingerprint density at radius 1 is 1.00 bits per heavy atom. The van der Waals surface area contributed by atoms with Crippen LogP contribution in [0.4, 0.5) is 8.78 Å². The van der Waals surface area contributed by atoms with E-state index in [4.69, 9.17) is 5.11 Å². The molecule has 4 nitrogen and oxygen atoms in total. The van der Waals surface area contributed by atoms with Crippen LogP contribution in [0.2, 0.25) is 0 Å². The van der Waals surface area contributed by atoms with E-state index < -0.39 is 23.5 Å². The quantitative estimate of drug-likeness (QED) is 0.909. The molecule has 2 N–H and O–H groups in total. The summed E-state index contributed by atoms with van der Waals surface area (Å²) in [4.78, 5) is 23.3. The summed E-state index contributed by atoms with van der Waals surface area (Å²) >= 11 is 0. The first-order valence-corrected chi connectivity index (χ1v) is 6.85. The van der Waals surface area contributed by atoms with Gasteiger partial charge in [-0.25, -0.2) is 13.6 Å². The highest BCUT2D eigenvalue weighted by Crippen LogP contribution is 2.17. The van der Waals surface area contributed by atoms with Crippen LogP contribution in [-0.4, -0.2) is 17.0 Å². The Kier molecular flexibility index (Phi) is 4.74. The van der Waals surface area contributed by atoms with Crippen molar-refractivity contribution >= 4 is 11.9 Å². The Balaban J connectivity index is 2.16. The van der Waals surface area contributed by atoms with Crippen LogP contribution in [0.3, 0.4) is 0 Å². The molecule has 0 aliphatic rings. The molecule has 0 aromatic heterocycles. The monoisotopic (exact) mass is 319 g/mol. The van der Waals surface area contributed by atoms with E-state index in [1.54, 1.807) is 13.8 Å². The van der Waals surface area contributed by atoms with Crippen molar-refractivity contribution in [2.75, 3.05) is 0 Å². The van der Waals surface area contributed by atoms with E-state index in [2.05, 4.69) is 5.32 Å². The number of benzene rings is 2. The lowest BCUT2D eigenvalue weighted by Gasteiger charge is -2.10. The van der Waals surface area contributed by atoms with Gasteiger partial charge in [0.05, 0.1) is 5.56 Å². The first-order valence-electron chi connectivity index (χ1n) is 6.85. The molecule has 0 aliphatic heterocycles. The lowest BCUT2D eigenvalue weighted by Crippen LogP contribution is -2.23. The number of hydrogen-bond acceptors (Lipinski definition) is 2. The van der Waals surface area contributed by atoms with Crippen LogP contribution >= 0.6 is 0 Å². The third-order valence-corrected chi connectivity index (χ3v) is 3.38. The highest BCUT2D eigenvalue weighted by Gasteiger charge is 2.15. The van der Waals surface area contributed by atoms with Gasteiger partial charge in [0.2, 0.25) is 0 Å². The summed E-state index contributed by atoms with van der Waals surface area (Å²) in [6.07, 6.45) is 0. The van der Waals surface area contributed by atoms with E-state index in [0.29, 0.717) is 22.3 Å². The smallest absolute Gasteiger partial charge is 0.336 e. The van der Waals surface area contributed by atoms with E-state index in [9.17, 15) is 18.4 Å². The number of halogens is 2. The molecule has 0 spiro atoms. The molecule has 0 radical (unpaired) electrons. The fraction of sp³-hybridized carbons (Fsp3) is 0.176. The number of aromatic carboxylic acids is 1. The Morgan fingerprint density at radius 2 is 1.52 bits per heavy atom. The summed E-state index contributed by atoms with van der Waals surface area (Å²) < 4.78 is 26.2. The van der Waals surface area contributed by atoms with Crippen molar-refractivity contribution in [3.05, 3.63) is 69.8 Å². The van der Waals surface area contributed by atoms with Gasteiger partial charge in [0.1, 0.15) is 11.6 Å². The largest absolute Gasteiger partial charge is 0.478 e. The van der Waals surface area contributed by atoms with Crippen molar-refractivity contribution in [3.63, 3.8) is 0 Å². The molecular weight excluding hydrogens is 304 g/mol. The summed E-state index contributed by atoms with van der Waals surface area (Å²) in [6, 6.07) is 5.96. The number of carbonyl (C=O) groups is 2. The number of carbonyl (C=O) groups excluding carboxylic acids is 1. The van der Waals surface area contributed by atoms with Gasteiger partial charge < -0.3 is 10.4 Å². The van der Waals surface area contributed by atoms with Crippen LogP contribution in [0.15, 0.2) is 30.3 Å². The van der Waals surface area contributed by atoms with Crippen LogP contribution in [0.25, 0.3) is 0 Å². The first kappa shape index (κ1) is 16.6. The summed E-state index contributed by atoms with van der Waals surface area (Å²) in [5, 5.41) is 11.7. The normalized spacial score (nSPS) is 10.4. The highest BCUT2D eigenvalue weighted by atomic mass is 19.1. The van der Waals surface area contributed by atoms with Crippen LogP contribution in [0.5, 0.6) is 0 Å². The van der Waals surface area contributed by atoms with Gasteiger partial charge in [0.15, 0.2) is 0 Å². The maximum absolute atomic E-state index is 13.1. The van der Waals surface area contributed by atoms with Crippen molar-refractivity contribution in [3.8, 4) is 0 Å². The molecule has 0 bridgehead atoms. The number of carboxylic acids is 1. The number of carboxylic acid groups (broad SMARTS) is 1. The molecule has 0 atom stereocenters. The second-order valence-electron chi connectivity index (χ2n) is 5.25. The maximum atomic E-state index is 13.1. The van der Waals surface area contributed by atoms with E-state index in [1.807, 2.05) is 0 Å². The number of amides is 1. The highest BCUT2D eigenvalue weighted by molar-refractivity contribution is 5.97. The van der Waals surface area contributed by atoms with Crippen LogP contribution < -0.4 is 5.32 Å². The molecule has 2 rings (SSSR count). The van der Waals surface area contributed by atoms with Gasteiger partial charge in [-0.15, -0.1) is 0 Å². The molecule has 0 unspecified atom stereocenters. The van der Waals surface area contributed by atoms with E-state index in [-0.39, 0.29) is 12.1 Å². The average Bonchev–Trinajstić information content (AvgIpc) is 2.42. The average molecular weight is 319 g/mol. The molecule has 2 aromatic carbocycles. The summed E-state index contributed by atoms with van der Waals surface area (Å²) in [7, 11) is 0. The minimum atomic E-state index is -1.05. The molecule has 2 aromatic rings. The standard InChI is InChI=1S/C17H15F2NO3/c1-9-3-12(4-10(2)15(9)17(22)23)16(21)20-8-11-5-13(18)7-14(19)6-11/h3-7H,8H2,1-2H3,(H,20,21)(H,22,23). The molecule has 1 amide bonds. The third kappa shape index (κ3) is 3.91. The summed E-state index contributed by atoms with van der Waals surface area (Å²) in [6.45, 7) is 3.18. The minimum absolute atomic E-state index is 0.0354. The zero-order valence-electron chi connectivity index (χ0n) is 12.6. The van der Waals surface area contributed by atoms with Gasteiger partial charge in [-0.1, -0.05) is 0 Å². The van der Waals surface area contributed by atoms with Crippen LogP contribution in [0.1, 0.15) is 37.4 Å². The lowest BCUT2D eigenvalue weighted by molar-refractivity contribution is 0.0694. The van der Waals surface area contributed by atoms with Crippen molar-refractivity contribution in [1.29, 1.82) is 0 Å². The Bertz CT molecular complexity index is 744. The number of aryl methyl sites for hydroxylation is 2. The number of hydrogen-bond donors (Lipinski definition) is 2. The van der Waals surface area contributed by atoms with Crippen LogP contribution in [-0.2, 0) is 6.54 Å². The first-order chi connectivity index (χ1) is 10.8. The van der Waals surface area contributed by atoms with Crippen molar-refractivity contribution in [2.45, 2.75) is 20.4 Å². The molecule has 0 aliphatic carbocycles. The second-order valence-corrected chi connectivity index (χ2v) is 5.25. The van der Waals surface area contributed by atoms with Gasteiger partial charge in [-0.3, -0.25) is 4.79 Å². The fourth-order valence-electron chi connectivity index (χ4n) is 2.43. The van der Waals surface area contributed by atoms with Crippen LogP contribution in [0, 0.1) is 25.5 Å². The lowest BCUT2D eigenvalue weighted by atomic mass is 9.99. The minimum Gasteiger partial charge on any atom is -0.478 e. The van der Waals surface area contributed by atoms with Gasteiger partial charge >= 0.3 is 5.97 Å². The Hall–Kier alpha value is -2.76. The predicted octanol–water partition coefficient (Wildman–Crippen LogP) is 3.21.